The van der Waals surface area contributed by atoms with Gasteiger partial charge in [0.25, 0.3) is 5.91 Å². The van der Waals surface area contributed by atoms with Gasteiger partial charge in [0.05, 0.1) is 23.4 Å². The molecule has 1 heterocycles. The summed E-state index contributed by atoms with van der Waals surface area (Å²) in [6.07, 6.45) is -1.43. The van der Waals surface area contributed by atoms with Crippen molar-refractivity contribution in [2.24, 2.45) is 11.1 Å². The molecule has 4 N–H and O–H groups in total. The molecular weight excluding hydrogens is 409 g/mol. The fourth-order valence-corrected chi connectivity index (χ4v) is 4.68. The van der Waals surface area contributed by atoms with Crippen molar-refractivity contribution in [3.05, 3.63) is 40.7 Å². The maximum atomic E-state index is 13.7. The third-order valence-electron chi connectivity index (χ3n) is 6.39. The van der Waals surface area contributed by atoms with E-state index in [1.165, 1.54) is 10.7 Å². The Bertz CT molecular complexity index is 1010. The average molecular weight is 436 g/mol. The molecule has 0 aliphatic heterocycles. The van der Waals surface area contributed by atoms with E-state index < -0.39 is 23.9 Å². The molecule has 1 amide bonds. The molecule has 1 aromatic heterocycles. The zero-order valence-corrected chi connectivity index (χ0v) is 17.6. The third kappa shape index (κ3) is 4.15. The Balaban J connectivity index is 1.81. The van der Waals surface area contributed by atoms with Gasteiger partial charge in [-0.15, -0.1) is 0 Å². The van der Waals surface area contributed by atoms with Crippen LogP contribution < -0.4 is 11.1 Å². The number of fused-ring (bicyclic) bond motifs is 1. The molecule has 2 atom stereocenters. The summed E-state index contributed by atoms with van der Waals surface area (Å²) in [7, 11) is 0. The number of carbonyl (C=O) groups excluding carboxylic acids is 1. The molecule has 0 saturated heterocycles. The van der Waals surface area contributed by atoms with Crippen LogP contribution in [0, 0.1) is 5.41 Å². The first-order valence-electron chi connectivity index (χ1n) is 10.5. The number of aliphatic hydroxyl groups is 1. The number of aliphatic hydroxyl groups excluding tert-OH is 1. The normalized spacial score (nSPS) is 22.9. The minimum atomic E-state index is -4.54. The lowest BCUT2D eigenvalue weighted by atomic mass is 9.76. The van der Waals surface area contributed by atoms with Crippen molar-refractivity contribution in [3.63, 3.8) is 0 Å². The Morgan fingerprint density at radius 2 is 2.06 bits per heavy atom. The zero-order valence-electron chi connectivity index (χ0n) is 17.6. The number of nitrogens with one attached hydrogen (secondary N) is 1. The van der Waals surface area contributed by atoms with Crippen molar-refractivity contribution in [3.8, 4) is 5.69 Å². The molecule has 9 heteroatoms. The molecule has 4 rings (SSSR count). The molecule has 0 unspecified atom stereocenters. The number of benzene rings is 1. The fraction of sp³-hybridized carbons (Fsp3) is 0.545. The van der Waals surface area contributed by atoms with Crippen LogP contribution in [0.3, 0.4) is 0 Å². The molecule has 1 saturated carbocycles. The number of amides is 1. The van der Waals surface area contributed by atoms with Gasteiger partial charge in [0.1, 0.15) is 0 Å². The number of alkyl halides is 3. The van der Waals surface area contributed by atoms with Gasteiger partial charge < -0.3 is 16.2 Å². The van der Waals surface area contributed by atoms with Gasteiger partial charge in [0.15, 0.2) is 5.69 Å². The van der Waals surface area contributed by atoms with E-state index in [2.05, 4.69) is 10.4 Å². The number of rotatable bonds is 4. The van der Waals surface area contributed by atoms with Gasteiger partial charge in [0.2, 0.25) is 0 Å². The molecular formula is C22H27F3N4O2. The van der Waals surface area contributed by atoms with Crippen LogP contribution in [0.5, 0.6) is 0 Å². The minimum Gasteiger partial charge on any atom is -0.391 e. The average Bonchev–Trinajstić information content (AvgIpc) is 3.23. The number of anilines is 1. The topological polar surface area (TPSA) is 93.2 Å². The smallest absolute Gasteiger partial charge is 0.391 e. The Kier molecular flexibility index (Phi) is 5.28. The molecule has 0 spiro atoms. The minimum absolute atomic E-state index is 0.143. The first-order chi connectivity index (χ1) is 14.5. The predicted molar refractivity (Wildman–Crippen MR) is 110 cm³/mol. The number of carbonyl (C=O) groups is 1. The lowest BCUT2D eigenvalue weighted by Gasteiger charge is -2.30. The van der Waals surface area contributed by atoms with E-state index in [0.29, 0.717) is 42.8 Å². The largest absolute Gasteiger partial charge is 0.435 e. The quantitative estimate of drug-likeness (QED) is 0.679. The number of primary amides is 1. The van der Waals surface area contributed by atoms with Gasteiger partial charge in [-0.25, -0.2) is 4.68 Å². The molecule has 1 fully saturated rings. The third-order valence-corrected chi connectivity index (χ3v) is 6.39. The predicted octanol–water partition coefficient (Wildman–Crippen LogP) is 3.83. The van der Waals surface area contributed by atoms with Crippen LogP contribution in [-0.4, -0.2) is 32.9 Å². The SMILES string of the molecule is CC1(C)CCc2c(C(F)(F)F)nn(-c3ccc(C(N)=O)c(N[C@H]4CCC[C@@H]4O)c3)c2C1. The van der Waals surface area contributed by atoms with E-state index in [1.54, 1.807) is 12.1 Å². The molecule has 6 nitrogen and oxygen atoms in total. The first kappa shape index (κ1) is 21.7. The van der Waals surface area contributed by atoms with E-state index in [0.717, 1.165) is 12.8 Å². The maximum absolute atomic E-state index is 13.7. The molecule has 2 aliphatic carbocycles. The number of hydrogen-bond acceptors (Lipinski definition) is 4. The first-order valence-corrected chi connectivity index (χ1v) is 10.5. The summed E-state index contributed by atoms with van der Waals surface area (Å²) in [5, 5.41) is 17.3. The molecule has 0 radical (unpaired) electrons. The van der Waals surface area contributed by atoms with Gasteiger partial charge in [-0.05, 0) is 62.1 Å². The number of hydrogen-bond donors (Lipinski definition) is 3. The van der Waals surface area contributed by atoms with Crippen molar-refractivity contribution in [2.75, 3.05) is 5.32 Å². The van der Waals surface area contributed by atoms with Crippen LogP contribution in [0.4, 0.5) is 18.9 Å². The van der Waals surface area contributed by atoms with Crippen LogP contribution in [-0.2, 0) is 19.0 Å². The second kappa shape index (κ2) is 7.55. The monoisotopic (exact) mass is 436 g/mol. The Morgan fingerprint density at radius 3 is 2.68 bits per heavy atom. The molecule has 0 bridgehead atoms. The molecule has 1 aromatic carbocycles. The number of nitrogens with two attached hydrogens (primary N) is 1. The Morgan fingerprint density at radius 1 is 1.32 bits per heavy atom. The summed E-state index contributed by atoms with van der Waals surface area (Å²) in [4.78, 5) is 11.9. The van der Waals surface area contributed by atoms with Crippen LogP contribution >= 0.6 is 0 Å². The van der Waals surface area contributed by atoms with Crippen LogP contribution in [0.25, 0.3) is 5.69 Å². The highest BCUT2D eigenvalue weighted by molar-refractivity contribution is 5.99. The fourth-order valence-electron chi connectivity index (χ4n) is 4.68. The van der Waals surface area contributed by atoms with E-state index in [1.807, 2.05) is 13.8 Å². The zero-order chi connectivity index (χ0) is 22.6. The number of halogens is 3. The van der Waals surface area contributed by atoms with Crippen LogP contribution in [0.15, 0.2) is 18.2 Å². The van der Waals surface area contributed by atoms with Gasteiger partial charge in [0, 0.05) is 16.9 Å². The van der Waals surface area contributed by atoms with Crippen molar-refractivity contribution in [1.29, 1.82) is 0 Å². The van der Waals surface area contributed by atoms with Crippen molar-refractivity contribution in [2.45, 2.75) is 70.7 Å². The molecule has 2 aliphatic rings. The van der Waals surface area contributed by atoms with Gasteiger partial charge in [-0.1, -0.05) is 13.8 Å². The van der Waals surface area contributed by atoms with Crippen molar-refractivity contribution in [1.82, 2.24) is 9.78 Å². The number of nitrogens with zero attached hydrogens (tertiary/aromatic N) is 2. The van der Waals surface area contributed by atoms with Gasteiger partial charge in [-0.2, -0.15) is 18.3 Å². The highest BCUT2D eigenvalue weighted by Gasteiger charge is 2.42. The molecule has 2 aromatic rings. The van der Waals surface area contributed by atoms with E-state index in [9.17, 15) is 23.1 Å². The molecule has 168 valence electrons. The second-order valence-corrected chi connectivity index (χ2v) is 9.37. The van der Waals surface area contributed by atoms with Gasteiger partial charge in [-0.3, -0.25) is 4.79 Å². The summed E-state index contributed by atoms with van der Waals surface area (Å²) in [5.41, 5.74) is 6.34. The highest BCUT2D eigenvalue weighted by atomic mass is 19.4. The van der Waals surface area contributed by atoms with Crippen LogP contribution in [0.1, 0.15) is 66.8 Å². The lowest BCUT2D eigenvalue weighted by Crippen LogP contribution is -2.29. The summed E-state index contributed by atoms with van der Waals surface area (Å²) in [5.74, 6) is -0.652. The van der Waals surface area contributed by atoms with Crippen LogP contribution in [0.2, 0.25) is 0 Å². The van der Waals surface area contributed by atoms with Crippen molar-refractivity contribution >= 4 is 11.6 Å². The number of aromatic nitrogens is 2. The summed E-state index contributed by atoms with van der Waals surface area (Å²) >= 11 is 0. The second-order valence-electron chi connectivity index (χ2n) is 9.37. The summed E-state index contributed by atoms with van der Waals surface area (Å²) in [6, 6.07) is 4.41. The van der Waals surface area contributed by atoms with E-state index in [4.69, 9.17) is 5.73 Å². The maximum Gasteiger partial charge on any atom is 0.435 e. The van der Waals surface area contributed by atoms with E-state index >= 15 is 0 Å². The van der Waals surface area contributed by atoms with Crippen molar-refractivity contribution < 1.29 is 23.1 Å². The Labute approximate surface area is 178 Å². The van der Waals surface area contributed by atoms with E-state index in [-0.39, 0.29) is 22.6 Å². The lowest BCUT2D eigenvalue weighted by molar-refractivity contribution is -0.142. The summed E-state index contributed by atoms with van der Waals surface area (Å²) in [6.45, 7) is 4.07. The summed E-state index contributed by atoms with van der Waals surface area (Å²) < 4.78 is 42.4. The van der Waals surface area contributed by atoms with Gasteiger partial charge >= 0.3 is 6.18 Å². The standard InChI is InChI=1S/C22H27F3N4O2/c1-21(2)9-8-14-17(11-21)29(28-19(14)22(23,24)25)12-6-7-13(20(26)31)16(10-12)27-15-4-3-5-18(15)30/h6-7,10,15,18,27,30H,3-5,8-9,11H2,1-2H3,(H2,26,31)/t15-,18-/m0/s1. The Hall–Kier alpha value is -2.55. The molecule has 31 heavy (non-hydrogen) atoms. The highest BCUT2D eigenvalue weighted by Crippen LogP contribution is 2.42.